The van der Waals surface area contributed by atoms with Crippen LogP contribution in [0.5, 0.6) is 5.75 Å². The molecule has 0 aliphatic rings. The van der Waals surface area contributed by atoms with E-state index in [1.54, 1.807) is 12.4 Å². The van der Waals surface area contributed by atoms with Crippen molar-refractivity contribution in [3.63, 3.8) is 0 Å². The van der Waals surface area contributed by atoms with Gasteiger partial charge in [-0.25, -0.2) is 0 Å². The van der Waals surface area contributed by atoms with Crippen LogP contribution in [0.15, 0.2) is 72.1 Å². The molecule has 0 N–H and O–H groups in total. The lowest BCUT2D eigenvalue weighted by Crippen LogP contribution is -2.07. The molecule has 0 saturated heterocycles. The second-order valence-electron chi connectivity index (χ2n) is 7.34. The summed E-state index contributed by atoms with van der Waals surface area (Å²) >= 11 is 1.38. The number of hydrogen-bond donors (Lipinski definition) is 0. The Kier molecular flexibility index (Phi) is 6.66. The van der Waals surface area contributed by atoms with Gasteiger partial charge in [0.15, 0.2) is 16.8 Å². The molecule has 0 unspecified atom stereocenters. The Bertz CT molecular complexity index is 1220. The SMILES string of the molecule is CCOc1ccc(-n2c(SCC(=O)c3cc(C)ccc3C)nnc2-c2cccnc2)cc1. The predicted molar refractivity (Wildman–Crippen MR) is 127 cm³/mol. The summed E-state index contributed by atoms with van der Waals surface area (Å²) in [6.07, 6.45) is 3.48. The highest BCUT2D eigenvalue weighted by atomic mass is 32.2. The van der Waals surface area contributed by atoms with Gasteiger partial charge in [-0.15, -0.1) is 10.2 Å². The minimum absolute atomic E-state index is 0.0698. The van der Waals surface area contributed by atoms with E-state index in [0.29, 0.717) is 17.6 Å². The molecule has 32 heavy (non-hydrogen) atoms. The van der Waals surface area contributed by atoms with Gasteiger partial charge in [0.05, 0.1) is 12.4 Å². The Hall–Kier alpha value is -3.45. The maximum atomic E-state index is 12.9. The molecule has 162 valence electrons. The molecule has 0 saturated carbocycles. The zero-order valence-corrected chi connectivity index (χ0v) is 19.1. The summed E-state index contributed by atoms with van der Waals surface area (Å²) in [5, 5.41) is 9.46. The monoisotopic (exact) mass is 444 g/mol. The van der Waals surface area contributed by atoms with E-state index in [9.17, 15) is 4.79 Å². The van der Waals surface area contributed by atoms with Gasteiger partial charge in [-0.05, 0) is 68.8 Å². The van der Waals surface area contributed by atoms with Crippen molar-refractivity contribution in [2.75, 3.05) is 12.4 Å². The number of hydrogen-bond acceptors (Lipinski definition) is 6. The fourth-order valence-corrected chi connectivity index (χ4v) is 4.22. The molecule has 2 aromatic carbocycles. The van der Waals surface area contributed by atoms with Crippen molar-refractivity contribution in [3.8, 4) is 22.8 Å². The highest BCUT2D eigenvalue weighted by Crippen LogP contribution is 2.29. The molecule has 4 rings (SSSR count). The van der Waals surface area contributed by atoms with Crippen molar-refractivity contribution >= 4 is 17.5 Å². The van der Waals surface area contributed by atoms with Gasteiger partial charge in [0.2, 0.25) is 0 Å². The van der Waals surface area contributed by atoms with E-state index in [-0.39, 0.29) is 11.5 Å². The summed E-state index contributed by atoms with van der Waals surface area (Å²) < 4.78 is 7.52. The van der Waals surface area contributed by atoms with Crippen molar-refractivity contribution in [2.24, 2.45) is 0 Å². The Balaban J connectivity index is 1.67. The summed E-state index contributed by atoms with van der Waals surface area (Å²) in [5.74, 6) is 1.81. The number of rotatable bonds is 8. The molecular weight excluding hydrogens is 420 g/mol. The largest absolute Gasteiger partial charge is 0.494 e. The minimum Gasteiger partial charge on any atom is -0.494 e. The number of Topliss-reactive ketones (excluding diaryl/α,β-unsaturated/α-hetero) is 1. The first-order chi connectivity index (χ1) is 15.6. The van der Waals surface area contributed by atoms with Crippen LogP contribution in [0.3, 0.4) is 0 Å². The van der Waals surface area contributed by atoms with Gasteiger partial charge in [0, 0.05) is 29.2 Å². The Labute approximate surface area is 191 Å². The quantitative estimate of drug-likeness (QED) is 0.271. The number of pyridine rings is 1. The summed E-state index contributed by atoms with van der Waals surface area (Å²) in [4.78, 5) is 17.1. The number of aromatic nitrogens is 4. The number of thioether (sulfide) groups is 1. The fourth-order valence-electron chi connectivity index (χ4n) is 3.38. The molecule has 0 spiro atoms. The summed E-state index contributed by atoms with van der Waals surface area (Å²) in [6, 6.07) is 17.5. The van der Waals surface area contributed by atoms with Crippen LogP contribution in [0.25, 0.3) is 17.1 Å². The van der Waals surface area contributed by atoms with Crippen molar-refractivity contribution in [1.29, 1.82) is 0 Å². The molecule has 0 aliphatic carbocycles. The lowest BCUT2D eigenvalue weighted by Gasteiger charge is -2.11. The normalized spacial score (nSPS) is 10.8. The second kappa shape index (κ2) is 9.78. The van der Waals surface area contributed by atoms with Gasteiger partial charge >= 0.3 is 0 Å². The van der Waals surface area contributed by atoms with Gasteiger partial charge in [-0.1, -0.05) is 29.5 Å². The average molecular weight is 445 g/mol. The average Bonchev–Trinajstić information content (AvgIpc) is 3.24. The zero-order valence-electron chi connectivity index (χ0n) is 18.3. The molecule has 4 aromatic rings. The number of nitrogens with zero attached hydrogens (tertiary/aromatic N) is 4. The fraction of sp³-hybridized carbons (Fsp3) is 0.200. The highest BCUT2D eigenvalue weighted by molar-refractivity contribution is 7.99. The zero-order chi connectivity index (χ0) is 22.5. The molecule has 0 aliphatic heterocycles. The van der Waals surface area contributed by atoms with Crippen molar-refractivity contribution < 1.29 is 9.53 Å². The lowest BCUT2D eigenvalue weighted by atomic mass is 10.0. The van der Waals surface area contributed by atoms with Crippen LogP contribution in [0, 0.1) is 13.8 Å². The first kappa shape index (κ1) is 21.8. The molecule has 2 heterocycles. The van der Waals surface area contributed by atoms with Gasteiger partial charge < -0.3 is 4.74 Å². The Morgan fingerprint density at radius 3 is 2.59 bits per heavy atom. The first-order valence-electron chi connectivity index (χ1n) is 10.4. The molecule has 0 radical (unpaired) electrons. The molecule has 2 aromatic heterocycles. The topological polar surface area (TPSA) is 69.9 Å². The van der Waals surface area contributed by atoms with Crippen LogP contribution < -0.4 is 4.74 Å². The van der Waals surface area contributed by atoms with Crippen LogP contribution in [-0.2, 0) is 0 Å². The van der Waals surface area contributed by atoms with Crippen molar-refractivity contribution in [1.82, 2.24) is 19.7 Å². The van der Waals surface area contributed by atoms with E-state index in [1.165, 1.54) is 11.8 Å². The lowest BCUT2D eigenvalue weighted by molar-refractivity contribution is 0.102. The molecule has 0 atom stereocenters. The maximum Gasteiger partial charge on any atom is 0.196 e. The summed E-state index contributed by atoms with van der Waals surface area (Å²) in [7, 11) is 0. The van der Waals surface area contributed by atoms with Crippen LogP contribution in [-0.4, -0.2) is 37.9 Å². The van der Waals surface area contributed by atoms with Crippen molar-refractivity contribution in [3.05, 3.63) is 83.7 Å². The van der Waals surface area contributed by atoms with Crippen LogP contribution in [0.2, 0.25) is 0 Å². The minimum atomic E-state index is 0.0698. The van der Waals surface area contributed by atoms with Crippen molar-refractivity contribution in [2.45, 2.75) is 25.9 Å². The predicted octanol–water partition coefficient (Wildman–Crippen LogP) is 5.32. The third kappa shape index (κ3) is 4.73. The third-order valence-electron chi connectivity index (χ3n) is 4.98. The Morgan fingerprint density at radius 1 is 1.06 bits per heavy atom. The molecule has 0 bridgehead atoms. The van der Waals surface area contributed by atoms with Crippen LogP contribution in [0.1, 0.15) is 28.4 Å². The highest BCUT2D eigenvalue weighted by Gasteiger charge is 2.18. The summed E-state index contributed by atoms with van der Waals surface area (Å²) in [5.41, 5.74) is 4.53. The van der Waals surface area contributed by atoms with E-state index < -0.39 is 0 Å². The number of benzene rings is 2. The smallest absolute Gasteiger partial charge is 0.196 e. The number of ether oxygens (including phenoxy) is 1. The van der Waals surface area contributed by atoms with E-state index in [2.05, 4.69) is 15.2 Å². The molecular formula is C25H24N4O2S. The first-order valence-corrected chi connectivity index (χ1v) is 11.4. The van der Waals surface area contributed by atoms with Gasteiger partial charge in [-0.3, -0.25) is 14.3 Å². The van der Waals surface area contributed by atoms with Gasteiger partial charge in [-0.2, -0.15) is 0 Å². The summed E-state index contributed by atoms with van der Waals surface area (Å²) in [6.45, 7) is 6.51. The van der Waals surface area contributed by atoms with Gasteiger partial charge in [0.25, 0.3) is 0 Å². The van der Waals surface area contributed by atoms with Crippen LogP contribution in [0.4, 0.5) is 0 Å². The van der Waals surface area contributed by atoms with E-state index in [0.717, 1.165) is 33.7 Å². The maximum absolute atomic E-state index is 12.9. The Morgan fingerprint density at radius 2 is 1.88 bits per heavy atom. The molecule has 7 heteroatoms. The molecule has 0 fully saturated rings. The molecule has 6 nitrogen and oxygen atoms in total. The van der Waals surface area contributed by atoms with E-state index >= 15 is 0 Å². The second-order valence-corrected chi connectivity index (χ2v) is 8.28. The van der Waals surface area contributed by atoms with Gasteiger partial charge in [0.1, 0.15) is 5.75 Å². The van der Waals surface area contributed by atoms with Crippen LogP contribution >= 0.6 is 11.8 Å². The number of carbonyl (C=O) groups excluding carboxylic acids is 1. The van der Waals surface area contributed by atoms with E-state index in [1.807, 2.05) is 79.9 Å². The van der Waals surface area contributed by atoms with E-state index in [4.69, 9.17) is 4.74 Å². The number of ketones is 1. The molecule has 0 amide bonds. The number of carbonyl (C=O) groups is 1. The third-order valence-corrected chi connectivity index (χ3v) is 5.91. The standard InChI is InChI=1S/C25H24N4O2S/c1-4-31-21-11-9-20(10-12-21)29-24(19-6-5-13-26-15-19)27-28-25(29)32-16-23(30)22-14-17(2)7-8-18(22)3/h5-15H,4,16H2,1-3H3. The number of aryl methyl sites for hydroxylation is 2.